The number of fused-ring (bicyclic) bond motifs is 7. The molecule has 4 aromatic heterocycles. The number of hydrogen-bond donors (Lipinski definition) is 3. The van der Waals surface area contributed by atoms with Crippen LogP contribution in [0.3, 0.4) is 0 Å². The molecule has 1 radical (unpaired) electrons. The molecule has 0 aliphatic rings. The molecule has 0 aliphatic heterocycles. The number of aliphatic hydroxyl groups excluding tert-OH is 2. The van der Waals surface area contributed by atoms with Crippen LogP contribution in [0.2, 0.25) is 0 Å². The number of rotatable bonds is 5. The van der Waals surface area contributed by atoms with Crippen molar-refractivity contribution >= 4 is 54.0 Å². The van der Waals surface area contributed by atoms with E-state index in [1.54, 1.807) is 12.3 Å². The Hall–Kier alpha value is -5.86. The molecular weight excluding hydrogens is 1350 g/mol. The zero-order valence-electron chi connectivity index (χ0n) is 52.4. The standard InChI is InChI=1S/C25H16NO2.C17H18.C16H18N.CHF3O3S.2CH4O.2Ir/c1-14-11-19(26-13-15(14)2)18-12-22-23(16-7-3-5-9-20(16)27-22)24-17-8-4-6-10-21(17)28-25(18)24;1-17(2,3)13-14-9-11-16(12-10-14)15-7-5-4-6-8-15;1-16(2,3)11-13-9-10-15(17-12-13)14-7-5-4-6-8-14;2-1(3,4)8(5,6)7;2*1-2;;/h3-11,13H,1-2H3;4-7,9-11H,13H2,1-3H3;4-7,9-10,12H,11H2,1-3H3;(H,5,6,7);2*2H,1H3;;/q-1;-2;-1;;;;;+3/i1D3,2D3;13D2;11D2;;;;;. The summed E-state index contributed by atoms with van der Waals surface area (Å²) >= 11 is 0. The maximum atomic E-state index is 10.7. The molecule has 10 rings (SSSR count). The molecule has 0 fully saturated rings. The Kier molecular flexibility index (Phi) is 18.6. The van der Waals surface area contributed by atoms with Crippen LogP contribution >= 0.6 is 0 Å². The quantitative estimate of drug-likeness (QED) is 0.0870. The van der Waals surface area contributed by atoms with Gasteiger partial charge in [-0.1, -0.05) is 120 Å². The van der Waals surface area contributed by atoms with Gasteiger partial charge in [-0.25, -0.2) is 11.1 Å². The van der Waals surface area contributed by atoms with E-state index in [-0.39, 0.29) is 57.0 Å². The van der Waals surface area contributed by atoms with Crippen LogP contribution in [-0.2, 0) is 63.1 Å². The van der Waals surface area contributed by atoms with Crippen molar-refractivity contribution in [2.75, 3.05) is 14.2 Å². The second-order valence-corrected chi connectivity index (χ2v) is 19.3. The van der Waals surface area contributed by atoms with E-state index in [0.29, 0.717) is 39.0 Å². The number of nitrogens with zero attached hydrogens (tertiary/aromatic N) is 2. The molecule has 3 N–H and O–H groups in total. The van der Waals surface area contributed by atoms with Gasteiger partial charge in [-0.3, -0.25) is 4.55 Å². The zero-order valence-corrected chi connectivity index (χ0v) is 48.0. The normalized spacial score (nSPS) is 13.8. The largest absolute Gasteiger partial charge is 3.00 e. The molecule has 15 heteroatoms. The summed E-state index contributed by atoms with van der Waals surface area (Å²) in [7, 11) is -3.84. The summed E-state index contributed by atoms with van der Waals surface area (Å²) in [6, 6.07) is 53.7. The van der Waals surface area contributed by atoms with Gasteiger partial charge in [-0.15, -0.1) is 47.5 Å². The van der Waals surface area contributed by atoms with Crippen LogP contribution in [0, 0.1) is 48.8 Å². The summed E-state index contributed by atoms with van der Waals surface area (Å²) in [4.78, 5) is 8.69. The Bertz CT molecular complexity index is 3810. The van der Waals surface area contributed by atoms with Crippen LogP contribution < -0.4 is 0 Å². The van der Waals surface area contributed by atoms with Crippen LogP contribution in [0.25, 0.3) is 77.5 Å². The molecule has 0 amide bonds. The van der Waals surface area contributed by atoms with Crippen LogP contribution in [0.4, 0.5) is 13.2 Å². The summed E-state index contributed by atoms with van der Waals surface area (Å²) in [5, 5.41) is 17.4. The summed E-state index contributed by atoms with van der Waals surface area (Å²) in [5.41, 5.74) is 0.846. The third-order valence-electron chi connectivity index (χ3n) is 9.96. The number of aromatic nitrogens is 2. The first kappa shape index (κ1) is 49.7. The van der Waals surface area contributed by atoms with Crippen molar-refractivity contribution in [3.05, 3.63) is 192 Å². The monoisotopic (exact) mass is 1420 g/mol. The molecule has 0 saturated heterocycles. The first-order valence-electron chi connectivity index (χ1n) is 27.6. The van der Waals surface area contributed by atoms with Crippen molar-refractivity contribution in [3.8, 4) is 33.6 Å². The molecule has 4 heterocycles. The molecule has 0 unspecified atom stereocenters. The second kappa shape index (κ2) is 28.5. The van der Waals surface area contributed by atoms with E-state index in [1.165, 1.54) is 6.07 Å². The van der Waals surface area contributed by atoms with Gasteiger partial charge >= 0.3 is 35.7 Å². The van der Waals surface area contributed by atoms with Crippen molar-refractivity contribution < 1.29 is 99.1 Å². The van der Waals surface area contributed by atoms with Gasteiger partial charge in [0.1, 0.15) is 11.2 Å². The molecule has 0 atom stereocenters. The molecule has 6 aromatic carbocycles. The van der Waals surface area contributed by atoms with E-state index in [9.17, 15) is 13.2 Å². The smallest absolute Gasteiger partial charge is 0.501 e. The molecule has 10 aromatic rings. The number of aliphatic hydroxyl groups is 2. The van der Waals surface area contributed by atoms with Crippen molar-refractivity contribution in [2.24, 2.45) is 10.8 Å². The molecule has 76 heavy (non-hydrogen) atoms. The van der Waals surface area contributed by atoms with E-state index in [0.717, 1.165) is 64.3 Å². The third kappa shape index (κ3) is 17.6. The number of aryl methyl sites for hydroxylation is 2. The number of para-hydroxylation sites is 2. The van der Waals surface area contributed by atoms with Gasteiger partial charge in [0.2, 0.25) is 0 Å². The van der Waals surface area contributed by atoms with E-state index in [1.807, 2.05) is 163 Å². The van der Waals surface area contributed by atoms with Crippen molar-refractivity contribution in [1.82, 2.24) is 9.97 Å². The number of benzene rings is 6. The van der Waals surface area contributed by atoms with Crippen LogP contribution in [0.5, 0.6) is 0 Å². The first-order chi connectivity index (χ1) is 39.0. The topological polar surface area (TPSA) is 147 Å². The van der Waals surface area contributed by atoms with Gasteiger partial charge < -0.3 is 29.0 Å². The SMILES string of the molecule is CO.CO.O=S(=O)(O)C(F)(F)F.[2H]C([2H])([2H])c1cnc(-c2[c-]c3oc4ccccc4c3c3c2oc2ccccc23)cc1C([2H])([2H])[2H].[2H]C([2H])(c1c[c-]c(-c2[c-]cccc2)cc1)C(C)(C)C.[2H]C([2H])(c1ccc(-c2[c-]cccc2)nc1)C(C)(C)C.[Ir+3].[Ir]. The number of halogens is 3. The Morgan fingerprint density at radius 1 is 0.618 bits per heavy atom. The van der Waals surface area contributed by atoms with E-state index in [2.05, 4.69) is 34.2 Å². The summed E-state index contributed by atoms with van der Waals surface area (Å²) < 4.78 is 150. The molecular formula is C61H61F3Ir2N2O7S-. The van der Waals surface area contributed by atoms with Gasteiger partial charge in [-0.05, 0) is 81.7 Å². The minimum Gasteiger partial charge on any atom is -0.501 e. The predicted octanol–water partition coefficient (Wildman–Crippen LogP) is 15.3. The van der Waals surface area contributed by atoms with Crippen LogP contribution in [0.15, 0.2) is 155 Å². The summed E-state index contributed by atoms with van der Waals surface area (Å²) in [5.74, 6) is 0. The Balaban J connectivity index is 0.000000321. The van der Waals surface area contributed by atoms with E-state index >= 15 is 0 Å². The average molecular weight is 1420 g/mol. The Morgan fingerprint density at radius 3 is 1.62 bits per heavy atom. The van der Waals surface area contributed by atoms with Gasteiger partial charge in [-0.2, -0.15) is 70.1 Å². The molecule has 0 saturated carbocycles. The zero-order chi connectivity index (χ0) is 63.0. The summed E-state index contributed by atoms with van der Waals surface area (Å²) in [6.07, 6.45) is -0.0437. The van der Waals surface area contributed by atoms with Gasteiger partial charge in [0.05, 0.1) is 11.2 Å². The Labute approximate surface area is 485 Å². The molecule has 0 spiro atoms. The fourth-order valence-corrected chi connectivity index (χ4v) is 7.07. The van der Waals surface area contributed by atoms with Gasteiger partial charge in [0, 0.05) is 65.8 Å². The fourth-order valence-electron chi connectivity index (χ4n) is 7.07. The third-order valence-corrected chi connectivity index (χ3v) is 10.5. The van der Waals surface area contributed by atoms with Crippen LogP contribution in [0.1, 0.15) is 77.5 Å². The van der Waals surface area contributed by atoms with E-state index in [4.69, 9.17) is 45.7 Å². The molecule has 0 bridgehead atoms. The number of furan rings is 2. The fraction of sp³-hybridized carbons (Fsp3) is 0.246. The van der Waals surface area contributed by atoms with Gasteiger partial charge in [0.25, 0.3) is 0 Å². The molecule has 0 aliphatic carbocycles. The van der Waals surface area contributed by atoms with E-state index < -0.39 is 52.9 Å². The second-order valence-electron chi connectivity index (χ2n) is 17.9. The van der Waals surface area contributed by atoms with Crippen molar-refractivity contribution in [1.29, 1.82) is 0 Å². The minimum atomic E-state index is -5.84. The number of hydrogen-bond acceptors (Lipinski definition) is 8. The van der Waals surface area contributed by atoms with Crippen molar-refractivity contribution in [2.45, 2.75) is 73.5 Å². The summed E-state index contributed by atoms with van der Waals surface area (Å²) in [6.45, 7) is 6.15. The number of pyridine rings is 2. The maximum Gasteiger partial charge on any atom is 3.00 e. The van der Waals surface area contributed by atoms with Gasteiger partial charge in [0.15, 0.2) is 0 Å². The Morgan fingerprint density at radius 2 is 1.12 bits per heavy atom. The predicted molar refractivity (Wildman–Crippen MR) is 291 cm³/mol. The number of alkyl halides is 3. The molecule has 403 valence electrons. The maximum absolute atomic E-state index is 10.7. The average Bonchev–Trinajstić information content (AvgIpc) is 1.72. The van der Waals surface area contributed by atoms with Crippen molar-refractivity contribution in [3.63, 3.8) is 0 Å². The first-order valence-corrected chi connectivity index (χ1v) is 24.0. The molecule has 9 nitrogen and oxygen atoms in total. The van der Waals surface area contributed by atoms with Crippen LogP contribution in [-0.4, -0.2) is 52.9 Å². The minimum absolute atomic E-state index is 0.